The molecule has 5 aromatic rings. The summed E-state index contributed by atoms with van der Waals surface area (Å²) in [4.78, 5) is 0. The van der Waals surface area contributed by atoms with Crippen LogP contribution in [-0.2, 0) is 0 Å². The molecular weight excluding hydrogens is 487 g/mol. The standard InChI is InChI=1S/C30H28Cl2Si2/c1-33(2,31)23-17-13-21(14-18-23)29-25-9-5-7-11-27(25)30(28-12-8-6-10-26(28)29)22-15-19-24(20-16-22)34(3,4)32/h5-20H,1-4H3. The van der Waals surface area contributed by atoms with Crippen LogP contribution < -0.4 is 10.4 Å². The van der Waals surface area contributed by atoms with Gasteiger partial charge in [0.2, 0.25) is 0 Å². The Balaban J connectivity index is 1.81. The van der Waals surface area contributed by atoms with E-state index in [1.165, 1.54) is 54.2 Å². The summed E-state index contributed by atoms with van der Waals surface area (Å²) in [6, 6.07) is 35.3. The Morgan fingerprint density at radius 2 is 0.676 bits per heavy atom. The van der Waals surface area contributed by atoms with E-state index in [0.717, 1.165) is 0 Å². The SMILES string of the molecule is C[Si](C)(Cl)c1ccc(-c2c3ccccc3c(-c3ccc([Si](C)(C)Cl)cc3)c3ccccc23)cc1. The Bertz CT molecular complexity index is 1320. The van der Waals surface area contributed by atoms with Crippen LogP contribution in [-0.4, -0.2) is 14.8 Å². The van der Waals surface area contributed by atoms with Crippen LogP contribution in [0.25, 0.3) is 43.8 Å². The molecule has 0 aliphatic rings. The molecule has 0 aromatic heterocycles. The van der Waals surface area contributed by atoms with Gasteiger partial charge in [-0.15, -0.1) is 0 Å². The quantitative estimate of drug-likeness (QED) is 0.128. The fourth-order valence-corrected chi connectivity index (χ4v) is 7.49. The summed E-state index contributed by atoms with van der Waals surface area (Å²) in [5.74, 6) is 0. The lowest BCUT2D eigenvalue weighted by Gasteiger charge is -2.19. The lowest BCUT2D eigenvalue weighted by Crippen LogP contribution is -2.34. The van der Waals surface area contributed by atoms with Crippen LogP contribution in [0.5, 0.6) is 0 Å². The van der Waals surface area contributed by atoms with Gasteiger partial charge >= 0.3 is 0 Å². The predicted molar refractivity (Wildman–Crippen MR) is 158 cm³/mol. The van der Waals surface area contributed by atoms with Gasteiger partial charge < -0.3 is 0 Å². The molecule has 0 aliphatic carbocycles. The van der Waals surface area contributed by atoms with E-state index in [1.807, 2.05) is 0 Å². The highest BCUT2D eigenvalue weighted by atomic mass is 35.6. The average molecular weight is 516 g/mol. The Morgan fingerprint density at radius 1 is 0.412 bits per heavy atom. The summed E-state index contributed by atoms with van der Waals surface area (Å²) in [6.45, 7) is 8.68. The molecule has 5 rings (SSSR count). The molecule has 0 saturated carbocycles. The van der Waals surface area contributed by atoms with Gasteiger partial charge in [-0.2, -0.15) is 22.2 Å². The predicted octanol–water partition coefficient (Wildman–Crippen LogP) is 8.63. The number of hydrogen-bond donors (Lipinski definition) is 0. The number of benzene rings is 5. The first-order chi connectivity index (χ1) is 16.1. The van der Waals surface area contributed by atoms with Gasteiger partial charge in [0.25, 0.3) is 0 Å². The van der Waals surface area contributed by atoms with Gasteiger partial charge in [-0.3, -0.25) is 0 Å². The number of halogens is 2. The van der Waals surface area contributed by atoms with Crippen molar-refractivity contribution in [3.05, 3.63) is 97.1 Å². The maximum Gasteiger partial charge on any atom is 0.180 e. The van der Waals surface area contributed by atoms with E-state index in [9.17, 15) is 0 Å². The topological polar surface area (TPSA) is 0 Å². The van der Waals surface area contributed by atoms with Crippen molar-refractivity contribution in [3.8, 4) is 22.3 Å². The molecule has 34 heavy (non-hydrogen) atoms. The normalized spacial score (nSPS) is 12.4. The fourth-order valence-electron chi connectivity index (χ4n) is 4.82. The Labute approximate surface area is 213 Å². The zero-order valence-corrected chi connectivity index (χ0v) is 23.5. The third kappa shape index (κ3) is 4.25. The molecule has 0 N–H and O–H groups in total. The number of hydrogen-bond acceptors (Lipinski definition) is 0. The van der Waals surface area contributed by atoms with Crippen LogP contribution in [0.15, 0.2) is 97.1 Å². The summed E-state index contributed by atoms with van der Waals surface area (Å²) in [5.41, 5.74) is 5.01. The molecular formula is C30H28Cl2Si2. The van der Waals surface area contributed by atoms with E-state index in [-0.39, 0.29) is 0 Å². The van der Waals surface area contributed by atoms with Crippen LogP contribution in [0, 0.1) is 0 Å². The van der Waals surface area contributed by atoms with Crippen molar-refractivity contribution in [2.75, 3.05) is 0 Å². The molecule has 0 aliphatic heterocycles. The summed E-state index contributed by atoms with van der Waals surface area (Å²) >= 11 is 13.4. The minimum Gasteiger partial charge on any atom is -0.162 e. The maximum atomic E-state index is 6.71. The molecule has 0 radical (unpaired) electrons. The van der Waals surface area contributed by atoms with Crippen LogP contribution in [0.1, 0.15) is 0 Å². The van der Waals surface area contributed by atoms with Crippen LogP contribution in [0.2, 0.25) is 26.2 Å². The van der Waals surface area contributed by atoms with E-state index in [0.29, 0.717) is 0 Å². The van der Waals surface area contributed by atoms with Crippen molar-refractivity contribution in [3.63, 3.8) is 0 Å². The second-order valence-corrected chi connectivity index (χ2v) is 22.7. The van der Waals surface area contributed by atoms with Crippen LogP contribution in [0.3, 0.4) is 0 Å². The van der Waals surface area contributed by atoms with Crippen LogP contribution in [0.4, 0.5) is 0 Å². The van der Waals surface area contributed by atoms with Crippen LogP contribution >= 0.6 is 22.2 Å². The van der Waals surface area contributed by atoms with Crippen molar-refractivity contribution in [1.29, 1.82) is 0 Å². The summed E-state index contributed by atoms with van der Waals surface area (Å²) in [5, 5.41) is 7.58. The molecule has 5 aromatic carbocycles. The van der Waals surface area contributed by atoms with E-state index in [2.05, 4.69) is 123 Å². The van der Waals surface area contributed by atoms with E-state index in [4.69, 9.17) is 22.2 Å². The first-order valence-corrected chi connectivity index (χ1v) is 19.7. The van der Waals surface area contributed by atoms with Gasteiger partial charge in [-0.05, 0) is 54.2 Å². The smallest absolute Gasteiger partial charge is 0.162 e. The van der Waals surface area contributed by atoms with E-state index in [1.54, 1.807) is 0 Å². The summed E-state index contributed by atoms with van der Waals surface area (Å²) in [7, 11) is -3.74. The largest absolute Gasteiger partial charge is 0.180 e. The van der Waals surface area contributed by atoms with Gasteiger partial charge in [0, 0.05) is 0 Å². The molecule has 4 heteroatoms. The molecule has 0 spiro atoms. The van der Waals surface area contributed by atoms with Crippen molar-refractivity contribution < 1.29 is 0 Å². The third-order valence-corrected chi connectivity index (χ3v) is 11.4. The van der Waals surface area contributed by atoms with Gasteiger partial charge in [0.05, 0.1) is 0 Å². The highest BCUT2D eigenvalue weighted by Gasteiger charge is 2.22. The van der Waals surface area contributed by atoms with E-state index >= 15 is 0 Å². The highest BCUT2D eigenvalue weighted by Crippen LogP contribution is 2.43. The number of fused-ring (bicyclic) bond motifs is 2. The molecule has 0 heterocycles. The second kappa shape index (κ2) is 8.69. The maximum absolute atomic E-state index is 6.71. The summed E-state index contributed by atoms with van der Waals surface area (Å²) < 4.78 is 0. The fraction of sp³-hybridized carbons (Fsp3) is 0.133. The molecule has 0 unspecified atom stereocenters. The number of rotatable bonds is 4. The first-order valence-electron chi connectivity index (χ1n) is 11.7. The Kier molecular flexibility index (Phi) is 5.98. The van der Waals surface area contributed by atoms with Gasteiger partial charge in [-0.1, -0.05) is 123 Å². The van der Waals surface area contributed by atoms with Crippen molar-refractivity contribution in [2.24, 2.45) is 0 Å². The lowest BCUT2D eigenvalue weighted by molar-refractivity contribution is 1.66. The Morgan fingerprint density at radius 3 is 0.912 bits per heavy atom. The average Bonchev–Trinajstić information content (AvgIpc) is 2.81. The molecule has 0 amide bonds. The molecule has 0 saturated heterocycles. The highest BCUT2D eigenvalue weighted by molar-refractivity contribution is 7.26. The lowest BCUT2D eigenvalue weighted by atomic mass is 9.86. The monoisotopic (exact) mass is 514 g/mol. The molecule has 0 nitrogen and oxygen atoms in total. The minimum absolute atomic E-state index is 1.22. The zero-order valence-electron chi connectivity index (χ0n) is 20.0. The summed E-state index contributed by atoms with van der Waals surface area (Å²) in [6.07, 6.45) is 0. The molecule has 170 valence electrons. The van der Waals surface area contributed by atoms with E-state index < -0.39 is 14.8 Å². The third-order valence-electron chi connectivity index (χ3n) is 6.65. The Hall–Kier alpha value is -2.37. The first kappa shape index (κ1) is 23.4. The minimum atomic E-state index is -1.87. The van der Waals surface area contributed by atoms with Crippen molar-refractivity contribution in [1.82, 2.24) is 0 Å². The molecule has 0 bridgehead atoms. The van der Waals surface area contributed by atoms with Gasteiger partial charge in [-0.25, -0.2) is 0 Å². The second-order valence-electron chi connectivity index (χ2n) is 9.94. The van der Waals surface area contributed by atoms with Crippen molar-refractivity contribution in [2.45, 2.75) is 26.2 Å². The van der Waals surface area contributed by atoms with Gasteiger partial charge in [0.1, 0.15) is 0 Å². The van der Waals surface area contributed by atoms with Gasteiger partial charge in [0.15, 0.2) is 14.8 Å². The molecule has 0 atom stereocenters. The van der Waals surface area contributed by atoms with Crippen molar-refractivity contribution >= 4 is 68.8 Å². The molecule has 0 fully saturated rings. The zero-order chi connectivity index (χ0) is 24.1.